The molecule has 17 heavy (non-hydrogen) atoms. The second-order valence-electron chi connectivity index (χ2n) is 3.07. The van der Waals surface area contributed by atoms with Crippen LogP contribution in [0.25, 0.3) is 11.1 Å². The topological polar surface area (TPSA) is 9.23 Å². The summed E-state index contributed by atoms with van der Waals surface area (Å²) >= 11 is -1.77. The van der Waals surface area contributed by atoms with E-state index in [0.29, 0.717) is 5.75 Å². The summed E-state index contributed by atoms with van der Waals surface area (Å²) < 4.78 is 17.0. The molecule has 0 radical (unpaired) electrons. The van der Waals surface area contributed by atoms with Crippen LogP contribution < -0.4 is 3.32 Å². The number of hydrogen-bond acceptors (Lipinski definition) is 1. The van der Waals surface area contributed by atoms with Gasteiger partial charge in [0.25, 0.3) is 0 Å². The Morgan fingerprint density at radius 2 is 1.47 bits per heavy atom. The number of halogens is 3. The maximum atomic E-state index is 12.1. The molecule has 0 saturated carbocycles. The Hall–Kier alpha value is -0.536. The first-order valence-electron chi connectivity index (χ1n) is 4.58. The van der Waals surface area contributed by atoms with Gasteiger partial charge in [0, 0.05) is 0 Å². The molecular formula is C12H11Cl2FOTi. The fourth-order valence-electron chi connectivity index (χ4n) is 1.41. The zero-order valence-corrected chi connectivity index (χ0v) is 12.0. The Bertz CT molecular complexity index is 440. The van der Waals surface area contributed by atoms with Gasteiger partial charge in [-0.3, -0.25) is 0 Å². The van der Waals surface area contributed by atoms with Crippen molar-refractivity contribution >= 4 is 24.8 Å². The van der Waals surface area contributed by atoms with Crippen LogP contribution in [0.15, 0.2) is 54.6 Å². The molecule has 0 amide bonds. The Labute approximate surface area is 122 Å². The van der Waals surface area contributed by atoms with E-state index in [0.717, 1.165) is 11.1 Å². The van der Waals surface area contributed by atoms with Gasteiger partial charge in [-0.2, -0.15) is 0 Å². The molecule has 0 spiro atoms. The van der Waals surface area contributed by atoms with Gasteiger partial charge >= 0.3 is 98.0 Å². The van der Waals surface area contributed by atoms with Crippen molar-refractivity contribution in [1.29, 1.82) is 0 Å². The number of benzene rings is 2. The van der Waals surface area contributed by atoms with Gasteiger partial charge in [-0.1, -0.05) is 0 Å². The van der Waals surface area contributed by atoms with Crippen molar-refractivity contribution in [3.8, 4) is 16.9 Å². The molecule has 0 aromatic heterocycles. The van der Waals surface area contributed by atoms with Crippen LogP contribution >= 0.6 is 24.8 Å². The second-order valence-corrected chi connectivity index (χ2v) is 3.63. The average Bonchev–Trinajstić information content (AvgIpc) is 2.31. The minimum atomic E-state index is -1.77. The van der Waals surface area contributed by atoms with Crippen molar-refractivity contribution in [3.63, 3.8) is 0 Å². The van der Waals surface area contributed by atoms with Gasteiger partial charge < -0.3 is 0 Å². The number of hydrogen-bond donors (Lipinski definition) is 0. The summed E-state index contributed by atoms with van der Waals surface area (Å²) in [6.07, 6.45) is 0. The standard InChI is InChI=1S/C12H10O.2ClH.FH.Ti/c13-12-8-4-7-11(9-12)10-5-2-1-3-6-10;;;;/h1-9,13H;3*1H;/q;;;;+2/p-2. The summed E-state index contributed by atoms with van der Waals surface area (Å²) in [5.41, 5.74) is 2.16. The van der Waals surface area contributed by atoms with E-state index in [1.807, 2.05) is 48.5 Å². The molecule has 5 heteroatoms. The molecule has 2 rings (SSSR count). The molecule has 90 valence electrons. The zero-order chi connectivity index (χ0) is 10.5. The third-order valence-electron chi connectivity index (χ3n) is 2.10. The number of rotatable bonds is 3. The molecule has 0 aliphatic heterocycles. The Kier molecular flexibility index (Phi) is 8.27. The van der Waals surface area contributed by atoms with Crippen LogP contribution in [0, 0.1) is 0 Å². The molecule has 1 nitrogen and oxygen atoms in total. The van der Waals surface area contributed by atoms with Crippen LogP contribution in [0.4, 0.5) is 3.09 Å². The first-order chi connectivity index (χ1) is 7.40. The molecule has 2 aromatic rings. The summed E-state index contributed by atoms with van der Waals surface area (Å²) in [6, 6.07) is 17.5. The van der Waals surface area contributed by atoms with Crippen molar-refractivity contribution < 1.29 is 26.5 Å². The summed E-state index contributed by atoms with van der Waals surface area (Å²) in [6.45, 7) is 0. The van der Waals surface area contributed by atoms with Gasteiger partial charge in [0.05, 0.1) is 0 Å². The van der Waals surface area contributed by atoms with E-state index in [2.05, 4.69) is 0 Å². The van der Waals surface area contributed by atoms with E-state index in [9.17, 15) is 3.09 Å². The molecule has 0 saturated heterocycles. The van der Waals surface area contributed by atoms with E-state index in [1.54, 1.807) is 6.07 Å². The van der Waals surface area contributed by atoms with Crippen LogP contribution in [0.2, 0.25) is 0 Å². The first-order valence-corrected chi connectivity index (χ1v) is 5.81. The van der Waals surface area contributed by atoms with E-state index in [1.165, 1.54) is 0 Å². The molecule has 0 bridgehead atoms. The van der Waals surface area contributed by atoms with E-state index in [-0.39, 0.29) is 24.8 Å². The van der Waals surface area contributed by atoms with Crippen molar-refractivity contribution in [3.05, 3.63) is 54.6 Å². The Morgan fingerprint density at radius 1 is 0.824 bits per heavy atom. The van der Waals surface area contributed by atoms with Crippen molar-refractivity contribution in [2.75, 3.05) is 0 Å². The third-order valence-corrected chi connectivity index (χ3v) is 2.59. The van der Waals surface area contributed by atoms with Crippen LogP contribution in [-0.2, 0) is 20.1 Å². The van der Waals surface area contributed by atoms with Crippen molar-refractivity contribution in [1.82, 2.24) is 0 Å². The summed E-state index contributed by atoms with van der Waals surface area (Å²) in [7, 11) is 0. The van der Waals surface area contributed by atoms with Crippen LogP contribution in [-0.4, -0.2) is 0 Å². The molecule has 0 unspecified atom stereocenters. The second kappa shape index (κ2) is 8.54. The monoisotopic (exact) mass is 308 g/mol. The Balaban J connectivity index is 0.00000128. The third kappa shape index (κ3) is 4.68. The molecule has 0 aliphatic carbocycles. The first kappa shape index (κ1) is 16.5. The molecule has 0 fully saturated rings. The SMILES string of the molecule is Cl.Cl.[F][Ti][O]c1cccc(-c2ccccc2)c1. The molecule has 0 N–H and O–H groups in total. The quantitative estimate of drug-likeness (QED) is 0.761. The molecule has 0 aliphatic rings. The van der Waals surface area contributed by atoms with Crippen molar-refractivity contribution in [2.45, 2.75) is 0 Å². The predicted molar refractivity (Wildman–Crippen MR) is 68.1 cm³/mol. The van der Waals surface area contributed by atoms with Crippen LogP contribution in [0.5, 0.6) is 5.75 Å². The summed E-state index contributed by atoms with van der Waals surface area (Å²) in [5.74, 6) is 0.610. The van der Waals surface area contributed by atoms with Crippen molar-refractivity contribution in [2.24, 2.45) is 0 Å². The van der Waals surface area contributed by atoms with E-state index >= 15 is 0 Å². The average molecular weight is 309 g/mol. The molecule has 0 heterocycles. The van der Waals surface area contributed by atoms with Gasteiger partial charge in [0.1, 0.15) is 0 Å². The maximum absolute atomic E-state index is 12.1. The van der Waals surface area contributed by atoms with Crippen LogP contribution in [0.3, 0.4) is 0 Å². The van der Waals surface area contributed by atoms with Crippen LogP contribution in [0.1, 0.15) is 0 Å². The van der Waals surface area contributed by atoms with Gasteiger partial charge in [0.15, 0.2) is 0 Å². The summed E-state index contributed by atoms with van der Waals surface area (Å²) in [4.78, 5) is 0. The molecule has 2 aromatic carbocycles. The van der Waals surface area contributed by atoms with Gasteiger partial charge in [0.2, 0.25) is 0 Å². The van der Waals surface area contributed by atoms with E-state index in [4.69, 9.17) is 3.32 Å². The zero-order valence-electron chi connectivity index (χ0n) is 8.80. The van der Waals surface area contributed by atoms with E-state index < -0.39 is 20.1 Å². The summed E-state index contributed by atoms with van der Waals surface area (Å²) in [5, 5.41) is 0. The molecule has 0 atom stereocenters. The Morgan fingerprint density at radius 3 is 2.12 bits per heavy atom. The van der Waals surface area contributed by atoms with Gasteiger partial charge in [-0.05, 0) is 0 Å². The molecular weight excluding hydrogens is 298 g/mol. The minimum absolute atomic E-state index is 0. The fraction of sp³-hybridized carbons (Fsp3) is 0. The van der Waals surface area contributed by atoms with Gasteiger partial charge in [-0.15, -0.1) is 24.8 Å². The fourth-order valence-corrected chi connectivity index (χ4v) is 1.75. The van der Waals surface area contributed by atoms with Gasteiger partial charge in [-0.25, -0.2) is 0 Å². The predicted octanol–water partition coefficient (Wildman–Crippen LogP) is 4.46. The normalized spacial score (nSPS) is 8.53.